The van der Waals surface area contributed by atoms with Crippen molar-refractivity contribution in [1.82, 2.24) is 9.88 Å². The van der Waals surface area contributed by atoms with Crippen LogP contribution in [0, 0.1) is 5.92 Å². The minimum atomic E-state index is -0.533. The molecule has 2 aliphatic rings. The van der Waals surface area contributed by atoms with Gasteiger partial charge in [0.25, 0.3) is 0 Å². The van der Waals surface area contributed by atoms with Crippen molar-refractivity contribution in [2.45, 2.75) is 37.7 Å². The fraction of sp³-hybridized carbons (Fsp3) is 0.344. The lowest BCUT2D eigenvalue weighted by Gasteiger charge is -2.37. The third-order valence-corrected chi connectivity index (χ3v) is 8.01. The number of likely N-dealkylation sites (tertiary alicyclic amines) is 1. The Labute approximate surface area is 213 Å². The van der Waals surface area contributed by atoms with E-state index in [9.17, 15) is 5.11 Å². The molecular weight excluding hydrogens is 444 g/mol. The lowest BCUT2D eigenvalue weighted by molar-refractivity contribution is 0.0526. The number of piperidine rings is 1. The number of nitrogens with zero attached hydrogens (tertiary/aromatic N) is 2. The molecule has 2 heterocycles. The fourth-order valence-corrected chi connectivity index (χ4v) is 6.20. The Hall–Kier alpha value is -3.21. The predicted molar refractivity (Wildman–Crippen MR) is 145 cm³/mol. The van der Waals surface area contributed by atoms with Gasteiger partial charge in [0.05, 0.1) is 5.52 Å². The molecule has 0 amide bonds. The number of benzene rings is 3. The number of para-hydroxylation sites is 1. The van der Waals surface area contributed by atoms with E-state index in [1.807, 2.05) is 36.4 Å². The van der Waals surface area contributed by atoms with Gasteiger partial charge >= 0.3 is 0 Å². The predicted octanol–water partition coefficient (Wildman–Crippen LogP) is 5.62. The molecule has 0 saturated carbocycles. The SMILES string of the molecule is OC(COc1ccc2ccccc2n1)CN1CCC(C2c3ccccc3CCc3ccccc32)CC1. The third-order valence-electron chi connectivity index (χ3n) is 8.01. The molecule has 0 radical (unpaired) electrons. The van der Waals surface area contributed by atoms with Crippen molar-refractivity contribution >= 4 is 10.9 Å². The average molecular weight is 479 g/mol. The van der Waals surface area contributed by atoms with Crippen LogP contribution in [0.3, 0.4) is 0 Å². The number of aliphatic hydroxyl groups excluding tert-OH is 1. The molecule has 1 N–H and O–H groups in total. The summed E-state index contributed by atoms with van der Waals surface area (Å²) in [6.07, 6.45) is 4.01. The van der Waals surface area contributed by atoms with Gasteiger partial charge in [-0.15, -0.1) is 0 Å². The van der Waals surface area contributed by atoms with Gasteiger partial charge in [-0.2, -0.15) is 0 Å². The van der Waals surface area contributed by atoms with Crippen LogP contribution in [0.4, 0.5) is 0 Å². The first-order valence-electron chi connectivity index (χ1n) is 13.3. The molecule has 0 bridgehead atoms. The van der Waals surface area contributed by atoms with Crippen LogP contribution in [0.15, 0.2) is 84.9 Å². The van der Waals surface area contributed by atoms with Crippen molar-refractivity contribution in [2.75, 3.05) is 26.2 Å². The smallest absolute Gasteiger partial charge is 0.213 e. The van der Waals surface area contributed by atoms with Crippen LogP contribution < -0.4 is 4.74 Å². The molecule has 3 aromatic carbocycles. The average Bonchev–Trinajstić information content (AvgIpc) is 3.09. The zero-order valence-corrected chi connectivity index (χ0v) is 20.7. The van der Waals surface area contributed by atoms with Crippen molar-refractivity contribution in [3.05, 3.63) is 107 Å². The molecule has 1 aromatic heterocycles. The second kappa shape index (κ2) is 10.4. The molecule has 1 fully saturated rings. The van der Waals surface area contributed by atoms with Gasteiger partial charge in [-0.3, -0.25) is 0 Å². The number of hydrogen-bond acceptors (Lipinski definition) is 4. The van der Waals surface area contributed by atoms with Gasteiger partial charge in [-0.25, -0.2) is 4.98 Å². The van der Waals surface area contributed by atoms with Crippen LogP contribution in [0.5, 0.6) is 5.88 Å². The molecule has 1 unspecified atom stereocenters. The normalized spacial score (nSPS) is 17.8. The Morgan fingerprint density at radius 3 is 2.17 bits per heavy atom. The largest absolute Gasteiger partial charge is 0.475 e. The lowest BCUT2D eigenvalue weighted by Crippen LogP contribution is -2.41. The van der Waals surface area contributed by atoms with Crippen LogP contribution in [0.1, 0.15) is 41.0 Å². The number of aryl methyl sites for hydroxylation is 2. The van der Waals surface area contributed by atoms with Gasteiger partial charge in [0.1, 0.15) is 12.7 Å². The van der Waals surface area contributed by atoms with Crippen LogP contribution in [-0.2, 0) is 12.8 Å². The number of hydrogen-bond donors (Lipinski definition) is 1. The van der Waals surface area contributed by atoms with E-state index >= 15 is 0 Å². The van der Waals surface area contributed by atoms with E-state index in [2.05, 4.69) is 58.4 Å². The van der Waals surface area contributed by atoms with E-state index in [0.29, 0.717) is 24.3 Å². The van der Waals surface area contributed by atoms with Crippen molar-refractivity contribution < 1.29 is 9.84 Å². The van der Waals surface area contributed by atoms with E-state index in [0.717, 1.165) is 49.7 Å². The Morgan fingerprint density at radius 2 is 1.44 bits per heavy atom. The van der Waals surface area contributed by atoms with Gasteiger partial charge in [-0.05, 0) is 79.1 Å². The summed E-state index contributed by atoms with van der Waals surface area (Å²) in [5.74, 6) is 1.66. The van der Waals surface area contributed by atoms with Gasteiger partial charge < -0.3 is 14.7 Å². The zero-order valence-electron chi connectivity index (χ0n) is 20.7. The zero-order chi connectivity index (χ0) is 24.3. The molecule has 1 aliphatic carbocycles. The molecule has 4 nitrogen and oxygen atoms in total. The molecule has 4 aromatic rings. The summed E-state index contributed by atoms with van der Waals surface area (Å²) in [4.78, 5) is 6.95. The first-order chi connectivity index (χ1) is 17.7. The fourth-order valence-electron chi connectivity index (χ4n) is 6.20. The summed E-state index contributed by atoms with van der Waals surface area (Å²) in [6, 6.07) is 30.0. The molecular formula is C32H34N2O2. The van der Waals surface area contributed by atoms with Gasteiger partial charge in [-0.1, -0.05) is 66.7 Å². The Morgan fingerprint density at radius 1 is 0.806 bits per heavy atom. The summed E-state index contributed by atoms with van der Waals surface area (Å²) in [5, 5.41) is 11.8. The van der Waals surface area contributed by atoms with Gasteiger partial charge in [0.2, 0.25) is 5.88 Å². The molecule has 1 aliphatic heterocycles. The summed E-state index contributed by atoms with van der Waals surface area (Å²) in [7, 11) is 0. The number of aliphatic hydroxyl groups is 1. The van der Waals surface area contributed by atoms with Crippen LogP contribution >= 0.6 is 0 Å². The molecule has 4 heteroatoms. The number of fused-ring (bicyclic) bond motifs is 3. The van der Waals surface area contributed by atoms with Crippen molar-refractivity contribution in [2.24, 2.45) is 5.92 Å². The summed E-state index contributed by atoms with van der Waals surface area (Å²) in [6.45, 7) is 2.92. The lowest BCUT2D eigenvalue weighted by atomic mass is 9.74. The van der Waals surface area contributed by atoms with Crippen molar-refractivity contribution in [3.63, 3.8) is 0 Å². The first kappa shape index (κ1) is 23.2. The van der Waals surface area contributed by atoms with Gasteiger partial charge in [0.15, 0.2) is 0 Å². The maximum absolute atomic E-state index is 10.7. The van der Waals surface area contributed by atoms with E-state index in [-0.39, 0.29) is 6.61 Å². The van der Waals surface area contributed by atoms with Crippen molar-refractivity contribution in [1.29, 1.82) is 0 Å². The molecule has 36 heavy (non-hydrogen) atoms. The molecule has 0 spiro atoms. The molecule has 1 atom stereocenters. The second-order valence-electron chi connectivity index (χ2n) is 10.3. The Kier molecular flexibility index (Phi) is 6.71. The highest BCUT2D eigenvalue weighted by Crippen LogP contribution is 2.42. The molecule has 6 rings (SSSR count). The minimum absolute atomic E-state index is 0.259. The number of pyridine rings is 1. The monoisotopic (exact) mass is 478 g/mol. The summed E-state index contributed by atoms with van der Waals surface area (Å²) >= 11 is 0. The maximum Gasteiger partial charge on any atom is 0.213 e. The first-order valence-corrected chi connectivity index (χ1v) is 13.3. The maximum atomic E-state index is 10.7. The molecule has 184 valence electrons. The highest BCUT2D eigenvalue weighted by atomic mass is 16.5. The second-order valence-corrected chi connectivity index (χ2v) is 10.3. The topological polar surface area (TPSA) is 45.6 Å². The van der Waals surface area contributed by atoms with E-state index in [4.69, 9.17) is 4.74 Å². The highest BCUT2D eigenvalue weighted by Gasteiger charge is 2.33. The minimum Gasteiger partial charge on any atom is -0.475 e. The van der Waals surface area contributed by atoms with Crippen LogP contribution in [0.2, 0.25) is 0 Å². The van der Waals surface area contributed by atoms with E-state index < -0.39 is 6.10 Å². The van der Waals surface area contributed by atoms with Crippen LogP contribution in [-0.4, -0.2) is 47.3 Å². The van der Waals surface area contributed by atoms with Crippen LogP contribution in [0.25, 0.3) is 10.9 Å². The highest BCUT2D eigenvalue weighted by molar-refractivity contribution is 5.78. The van der Waals surface area contributed by atoms with Gasteiger partial charge in [0, 0.05) is 23.9 Å². The Balaban J connectivity index is 1.08. The quantitative estimate of drug-likeness (QED) is 0.391. The molecule has 1 saturated heterocycles. The summed E-state index contributed by atoms with van der Waals surface area (Å²) < 4.78 is 5.84. The van der Waals surface area contributed by atoms with E-state index in [1.165, 1.54) is 22.3 Å². The summed E-state index contributed by atoms with van der Waals surface area (Å²) in [5.41, 5.74) is 6.98. The number of β-amino-alcohol motifs (C(OH)–C–C–N with tert-alkyl or cyclic N) is 1. The number of rotatable bonds is 6. The third kappa shape index (κ3) is 4.88. The van der Waals surface area contributed by atoms with Crippen molar-refractivity contribution in [3.8, 4) is 5.88 Å². The Bertz CT molecular complexity index is 1280. The number of aromatic nitrogens is 1. The standard InChI is InChI=1S/C32H34N2O2/c35-27(22-36-31-16-15-25-9-3-6-12-30(25)33-31)21-34-19-17-26(18-20-34)32-28-10-4-1-7-23(28)13-14-24-8-2-5-11-29(24)32/h1-12,15-16,26-27,32,35H,13-14,17-22H2. The number of ether oxygens (including phenoxy) is 1. The van der Waals surface area contributed by atoms with E-state index in [1.54, 1.807) is 0 Å².